The van der Waals surface area contributed by atoms with Gasteiger partial charge in [0.05, 0.1) is 23.1 Å². The molecule has 0 bridgehead atoms. The van der Waals surface area contributed by atoms with Crippen LogP contribution in [0.25, 0.3) is 0 Å². The molecule has 98 valence electrons. The summed E-state index contributed by atoms with van der Waals surface area (Å²) in [4.78, 5) is 16.3. The third kappa shape index (κ3) is 3.03. The lowest BCUT2D eigenvalue weighted by atomic mass is 10.1. The van der Waals surface area contributed by atoms with Crippen molar-refractivity contribution in [2.45, 2.75) is 13.8 Å². The van der Waals surface area contributed by atoms with Gasteiger partial charge in [0.2, 0.25) is 0 Å². The van der Waals surface area contributed by atoms with Gasteiger partial charge in [-0.25, -0.2) is 0 Å². The van der Waals surface area contributed by atoms with Gasteiger partial charge in [-0.2, -0.15) is 0 Å². The van der Waals surface area contributed by atoms with Crippen molar-refractivity contribution >= 4 is 28.9 Å². The molecular formula is C14H14ClN3O. The lowest BCUT2D eigenvalue weighted by molar-refractivity contribution is 0.102. The molecule has 0 fully saturated rings. The summed E-state index contributed by atoms with van der Waals surface area (Å²) >= 11 is 5.88. The van der Waals surface area contributed by atoms with Gasteiger partial charge in [0, 0.05) is 10.7 Å². The van der Waals surface area contributed by atoms with Crippen LogP contribution in [0, 0.1) is 13.8 Å². The van der Waals surface area contributed by atoms with E-state index in [1.165, 1.54) is 6.20 Å². The van der Waals surface area contributed by atoms with Crippen LogP contribution in [0.4, 0.5) is 11.4 Å². The zero-order valence-corrected chi connectivity index (χ0v) is 11.5. The first-order valence-electron chi connectivity index (χ1n) is 5.77. The zero-order chi connectivity index (χ0) is 14.0. The summed E-state index contributed by atoms with van der Waals surface area (Å²) in [6.45, 7) is 3.65. The number of rotatable bonds is 2. The highest BCUT2D eigenvalue weighted by Gasteiger charge is 2.12. The van der Waals surface area contributed by atoms with Gasteiger partial charge in [-0.1, -0.05) is 11.6 Å². The van der Waals surface area contributed by atoms with Crippen molar-refractivity contribution in [1.82, 2.24) is 4.98 Å². The van der Waals surface area contributed by atoms with Crippen molar-refractivity contribution < 1.29 is 4.79 Å². The Morgan fingerprint density at radius 1 is 1.32 bits per heavy atom. The minimum atomic E-state index is -0.234. The normalized spacial score (nSPS) is 10.3. The van der Waals surface area contributed by atoms with E-state index in [9.17, 15) is 4.79 Å². The number of pyridine rings is 1. The number of hydrogen-bond acceptors (Lipinski definition) is 3. The van der Waals surface area contributed by atoms with Crippen LogP contribution in [0.3, 0.4) is 0 Å². The molecule has 1 aromatic heterocycles. The fourth-order valence-corrected chi connectivity index (χ4v) is 1.96. The number of benzene rings is 1. The molecule has 3 N–H and O–H groups in total. The summed E-state index contributed by atoms with van der Waals surface area (Å²) in [6.07, 6.45) is 1.53. The molecule has 0 atom stereocenters. The van der Waals surface area contributed by atoms with Crippen LogP contribution in [0.5, 0.6) is 0 Å². The molecule has 0 radical (unpaired) electrons. The van der Waals surface area contributed by atoms with Gasteiger partial charge < -0.3 is 11.1 Å². The summed E-state index contributed by atoms with van der Waals surface area (Å²) in [5.41, 5.74) is 8.83. The number of hydrogen-bond donors (Lipinski definition) is 2. The van der Waals surface area contributed by atoms with Crippen LogP contribution >= 0.6 is 11.6 Å². The first-order valence-corrected chi connectivity index (χ1v) is 6.15. The molecule has 0 spiro atoms. The standard InChI is InChI=1S/C14H14ClN3O/c1-8-5-10(15)3-4-13(8)18-14(19)12-6-11(16)7-17-9(12)2/h3-7H,16H2,1-2H3,(H,18,19). The average Bonchev–Trinajstić information content (AvgIpc) is 2.35. The number of carbonyl (C=O) groups excluding carboxylic acids is 1. The number of anilines is 2. The Kier molecular flexibility index (Phi) is 3.71. The Hall–Kier alpha value is -2.07. The molecule has 1 amide bonds. The van der Waals surface area contributed by atoms with E-state index in [-0.39, 0.29) is 5.91 Å². The van der Waals surface area contributed by atoms with E-state index in [0.717, 1.165) is 11.3 Å². The molecule has 1 heterocycles. The highest BCUT2D eigenvalue weighted by atomic mass is 35.5. The molecule has 1 aromatic carbocycles. The smallest absolute Gasteiger partial charge is 0.257 e. The van der Waals surface area contributed by atoms with Crippen molar-refractivity contribution in [3.05, 3.63) is 52.3 Å². The molecule has 0 saturated heterocycles. The number of aromatic nitrogens is 1. The topological polar surface area (TPSA) is 68.0 Å². The average molecular weight is 276 g/mol. The molecule has 0 unspecified atom stereocenters. The maximum atomic E-state index is 12.2. The maximum Gasteiger partial charge on any atom is 0.257 e. The quantitative estimate of drug-likeness (QED) is 0.884. The van der Waals surface area contributed by atoms with Crippen LogP contribution in [-0.2, 0) is 0 Å². The highest BCUT2D eigenvalue weighted by Crippen LogP contribution is 2.21. The van der Waals surface area contributed by atoms with Gasteiger partial charge in [0.1, 0.15) is 0 Å². The molecule has 0 aliphatic carbocycles. The number of amides is 1. The fraction of sp³-hybridized carbons (Fsp3) is 0.143. The Morgan fingerprint density at radius 3 is 2.74 bits per heavy atom. The summed E-state index contributed by atoms with van der Waals surface area (Å²) in [5.74, 6) is -0.234. The first kappa shape index (κ1) is 13.4. The molecule has 0 aliphatic rings. The largest absolute Gasteiger partial charge is 0.397 e. The summed E-state index contributed by atoms with van der Waals surface area (Å²) in [6, 6.07) is 6.91. The number of nitrogens with two attached hydrogens (primary N) is 1. The zero-order valence-electron chi connectivity index (χ0n) is 10.7. The Balaban J connectivity index is 2.28. The van der Waals surface area contributed by atoms with Gasteiger partial charge in [0.15, 0.2) is 0 Å². The predicted molar refractivity (Wildman–Crippen MR) is 77.5 cm³/mol. The van der Waals surface area contributed by atoms with Crippen LogP contribution in [0.1, 0.15) is 21.6 Å². The number of nitrogen functional groups attached to an aromatic ring is 1. The van der Waals surface area contributed by atoms with Crippen LogP contribution in [0.2, 0.25) is 5.02 Å². The van der Waals surface area contributed by atoms with Gasteiger partial charge in [-0.3, -0.25) is 9.78 Å². The molecule has 5 heteroatoms. The van der Waals surface area contributed by atoms with E-state index in [0.29, 0.717) is 22.0 Å². The SMILES string of the molecule is Cc1cc(Cl)ccc1NC(=O)c1cc(N)cnc1C. The molecule has 0 saturated carbocycles. The van der Waals surface area contributed by atoms with E-state index >= 15 is 0 Å². The minimum Gasteiger partial charge on any atom is -0.397 e. The highest BCUT2D eigenvalue weighted by molar-refractivity contribution is 6.30. The lowest BCUT2D eigenvalue weighted by Crippen LogP contribution is -2.15. The number of nitrogens with zero attached hydrogens (tertiary/aromatic N) is 1. The minimum absolute atomic E-state index is 0.234. The Bertz CT molecular complexity index is 641. The van der Waals surface area contributed by atoms with Crippen molar-refractivity contribution in [2.24, 2.45) is 0 Å². The third-order valence-corrected chi connectivity index (χ3v) is 3.02. The molecule has 19 heavy (non-hydrogen) atoms. The second kappa shape index (κ2) is 5.28. The second-order valence-electron chi connectivity index (χ2n) is 4.31. The predicted octanol–water partition coefficient (Wildman–Crippen LogP) is 3.19. The van der Waals surface area contributed by atoms with Crippen molar-refractivity contribution in [3.8, 4) is 0 Å². The summed E-state index contributed by atoms with van der Waals surface area (Å²) < 4.78 is 0. The Labute approximate surface area is 116 Å². The number of aryl methyl sites for hydroxylation is 2. The van der Waals surface area contributed by atoms with Gasteiger partial charge in [-0.15, -0.1) is 0 Å². The van der Waals surface area contributed by atoms with Gasteiger partial charge >= 0.3 is 0 Å². The first-order chi connectivity index (χ1) is 8.97. The number of nitrogens with one attached hydrogen (secondary N) is 1. The van der Waals surface area contributed by atoms with Gasteiger partial charge in [-0.05, 0) is 43.7 Å². The molecule has 2 aromatic rings. The molecule has 4 nitrogen and oxygen atoms in total. The number of carbonyl (C=O) groups is 1. The summed E-state index contributed by atoms with van der Waals surface area (Å²) in [7, 11) is 0. The van der Waals surface area contributed by atoms with Crippen LogP contribution < -0.4 is 11.1 Å². The summed E-state index contributed by atoms with van der Waals surface area (Å²) in [5, 5.41) is 3.47. The third-order valence-electron chi connectivity index (χ3n) is 2.79. The van der Waals surface area contributed by atoms with Crippen molar-refractivity contribution in [1.29, 1.82) is 0 Å². The van der Waals surface area contributed by atoms with E-state index in [4.69, 9.17) is 17.3 Å². The van der Waals surface area contributed by atoms with E-state index in [1.807, 2.05) is 6.92 Å². The monoisotopic (exact) mass is 275 g/mol. The van der Waals surface area contributed by atoms with Crippen LogP contribution in [-0.4, -0.2) is 10.9 Å². The van der Waals surface area contributed by atoms with Crippen LogP contribution in [0.15, 0.2) is 30.5 Å². The fourth-order valence-electron chi connectivity index (χ4n) is 1.74. The van der Waals surface area contributed by atoms with Crippen molar-refractivity contribution in [2.75, 3.05) is 11.1 Å². The van der Waals surface area contributed by atoms with Gasteiger partial charge in [0.25, 0.3) is 5.91 Å². The lowest BCUT2D eigenvalue weighted by Gasteiger charge is -2.10. The van der Waals surface area contributed by atoms with E-state index in [2.05, 4.69) is 10.3 Å². The van der Waals surface area contributed by atoms with Crippen molar-refractivity contribution in [3.63, 3.8) is 0 Å². The Morgan fingerprint density at radius 2 is 2.05 bits per heavy atom. The number of halogens is 1. The molecule has 2 rings (SSSR count). The van der Waals surface area contributed by atoms with E-state index < -0.39 is 0 Å². The molecule has 0 aliphatic heterocycles. The molecular weight excluding hydrogens is 262 g/mol. The maximum absolute atomic E-state index is 12.2. The van der Waals surface area contributed by atoms with E-state index in [1.54, 1.807) is 31.2 Å². The second-order valence-corrected chi connectivity index (χ2v) is 4.75.